The van der Waals surface area contributed by atoms with Gasteiger partial charge in [-0.2, -0.15) is 0 Å². The highest BCUT2D eigenvalue weighted by molar-refractivity contribution is 5.83. The Hall–Kier alpha value is -1.35. The molecule has 18 heavy (non-hydrogen) atoms. The van der Waals surface area contributed by atoms with Crippen LogP contribution >= 0.6 is 0 Å². The summed E-state index contributed by atoms with van der Waals surface area (Å²) in [6, 6.07) is 9.78. The predicted octanol–water partition coefficient (Wildman–Crippen LogP) is 3.11. The maximum atomic E-state index is 11.9. The lowest BCUT2D eigenvalue weighted by Gasteiger charge is -2.09. The van der Waals surface area contributed by atoms with Crippen LogP contribution in [0, 0.1) is 5.92 Å². The quantitative estimate of drug-likeness (QED) is 0.593. The molecule has 1 fully saturated rings. The monoisotopic (exact) mass is 248 g/mol. The molecule has 1 aliphatic rings. The first kappa shape index (κ1) is 13.1. The number of hydrogen-bond donors (Lipinski definition) is 0. The minimum Gasteiger partial charge on any atom is -0.463 e. The van der Waals surface area contributed by atoms with Crippen molar-refractivity contribution in [2.45, 2.75) is 38.9 Å². The number of carbonyl (C=O) groups excluding carboxylic acids is 1. The highest BCUT2D eigenvalue weighted by Gasteiger charge is 2.60. The lowest BCUT2D eigenvalue weighted by atomic mass is 10.0. The van der Waals surface area contributed by atoms with Crippen LogP contribution in [0.2, 0.25) is 0 Å². The molecule has 0 radical (unpaired) electrons. The van der Waals surface area contributed by atoms with Crippen molar-refractivity contribution < 1.29 is 14.3 Å². The van der Waals surface area contributed by atoms with Crippen LogP contribution in [0.1, 0.15) is 38.9 Å². The van der Waals surface area contributed by atoms with Gasteiger partial charge in [0, 0.05) is 0 Å². The van der Waals surface area contributed by atoms with Crippen LogP contribution in [0.5, 0.6) is 0 Å². The van der Waals surface area contributed by atoms with Gasteiger partial charge in [-0.3, -0.25) is 0 Å². The number of esters is 1. The maximum absolute atomic E-state index is 11.9. The van der Waals surface area contributed by atoms with Gasteiger partial charge in [0.1, 0.15) is 6.10 Å². The average Bonchev–Trinajstić information content (AvgIpc) is 3.04. The number of epoxide rings is 1. The molecule has 0 saturated carbocycles. The van der Waals surface area contributed by atoms with Crippen molar-refractivity contribution >= 4 is 5.97 Å². The molecule has 1 aliphatic heterocycles. The van der Waals surface area contributed by atoms with Gasteiger partial charge in [0.2, 0.25) is 0 Å². The molecule has 0 spiro atoms. The zero-order valence-corrected chi connectivity index (χ0v) is 11.2. The maximum Gasteiger partial charge on any atom is 0.341 e. The van der Waals surface area contributed by atoms with Crippen LogP contribution in [0.15, 0.2) is 30.3 Å². The Labute approximate surface area is 108 Å². The van der Waals surface area contributed by atoms with Crippen molar-refractivity contribution in [1.82, 2.24) is 0 Å². The number of carbonyl (C=O) groups is 1. The second-order valence-corrected chi connectivity index (χ2v) is 5.33. The summed E-state index contributed by atoms with van der Waals surface area (Å²) in [6.07, 6.45) is 0.725. The van der Waals surface area contributed by atoms with Gasteiger partial charge in [-0.15, -0.1) is 0 Å². The summed E-state index contributed by atoms with van der Waals surface area (Å²) in [7, 11) is 0. The first-order chi connectivity index (χ1) is 8.54. The highest BCUT2D eigenvalue weighted by atomic mass is 16.7. The van der Waals surface area contributed by atoms with Gasteiger partial charge in [0.05, 0.1) is 6.61 Å². The Kier molecular flexibility index (Phi) is 3.71. The summed E-state index contributed by atoms with van der Waals surface area (Å²) in [5, 5.41) is 0. The lowest BCUT2D eigenvalue weighted by molar-refractivity contribution is -0.149. The second kappa shape index (κ2) is 5.11. The topological polar surface area (TPSA) is 38.8 Å². The van der Waals surface area contributed by atoms with Crippen molar-refractivity contribution in [2.24, 2.45) is 5.92 Å². The Morgan fingerprint density at radius 3 is 2.67 bits per heavy atom. The smallest absolute Gasteiger partial charge is 0.341 e. The molecular formula is C15H20O3. The fourth-order valence-corrected chi connectivity index (χ4v) is 1.91. The van der Waals surface area contributed by atoms with Crippen molar-refractivity contribution in [3.8, 4) is 0 Å². The third-order valence-electron chi connectivity index (χ3n) is 3.24. The molecular weight excluding hydrogens is 228 g/mol. The fourth-order valence-electron chi connectivity index (χ4n) is 1.91. The highest BCUT2D eigenvalue weighted by Crippen LogP contribution is 2.50. The van der Waals surface area contributed by atoms with Gasteiger partial charge in [-0.1, -0.05) is 44.2 Å². The molecule has 1 aromatic carbocycles. The van der Waals surface area contributed by atoms with Gasteiger partial charge in [-0.05, 0) is 24.8 Å². The summed E-state index contributed by atoms with van der Waals surface area (Å²) >= 11 is 0. The van der Waals surface area contributed by atoms with Crippen molar-refractivity contribution in [3.63, 3.8) is 0 Å². The first-order valence-electron chi connectivity index (χ1n) is 6.44. The summed E-state index contributed by atoms with van der Waals surface area (Å²) in [4.78, 5) is 11.9. The molecule has 1 saturated heterocycles. The predicted molar refractivity (Wildman–Crippen MR) is 69.1 cm³/mol. The van der Waals surface area contributed by atoms with E-state index in [0.717, 1.165) is 12.0 Å². The molecule has 3 heteroatoms. The van der Waals surface area contributed by atoms with Gasteiger partial charge >= 0.3 is 5.97 Å². The molecule has 2 rings (SSSR count). The van der Waals surface area contributed by atoms with E-state index in [4.69, 9.17) is 9.47 Å². The van der Waals surface area contributed by atoms with Crippen LogP contribution < -0.4 is 0 Å². The Balaban J connectivity index is 1.89. The van der Waals surface area contributed by atoms with E-state index in [1.54, 1.807) is 6.92 Å². The van der Waals surface area contributed by atoms with E-state index >= 15 is 0 Å². The van der Waals surface area contributed by atoms with Crippen molar-refractivity contribution in [2.75, 3.05) is 6.61 Å². The number of rotatable bonds is 5. The van der Waals surface area contributed by atoms with Crippen LogP contribution in [-0.2, 0) is 14.3 Å². The number of ether oxygens (including phenoxy) is 2. The second-order valence-electron chi connectivity index (χ2n) is 5.33. The van der Waals surface area contributed by atoms with Crippen LogP contribution in [0.25, 0.3) is 0 Å². The molecule has 3 nitrogen and oxygen atoms in total. The fraction of sp³-hybridized carbons (Fsp3) is 0.533. The van der Waals surface area contributed by atoms with Crippen LogP contribution in [0.4, 0.5) is 0 Å². The van der Waals surface area contributed by atoms with Crippen LogP contribution in [-0.4, -0.2) is 18.2 Å². The molecule has 1 aromatic rings. The minimum atomic E-state index is -0.793. The number of benzene rings is 1. The zero-order valence-electron chi connectivity index (χ0n) is 11.2. The van der Waals surface area contributed by atoms with Crippen molar-refractivity contribution in [3.05, 3.63) is 35.9 Å². The zero-order chi connectivity index (χ0) is 13.2. The largest absolute Gasteiger partial charge is 0.463 e. The first-order valence-corrected chi connectivity index (χ1v) is 6.44. The standard InChI is InChI=1S/C15H20O3/c1-11(2)9-10-17-14(16)15(3)13(18-15)12-7-5-4-6-8-12/h4-8,11,13H,9-10H2,1-3H3. The molecule has 98 valence electrons. The summed E-state index contributed by atoms with van der Waals surface area (Å²) in [5.74, 6) is 0.285. The van der Waals surface area contributed by atoms with Gasteiger partial charge in [0.25, 0.3) is 0 Å². The van der Waals surface area contributed by atoms with E-state index in [2.05, 4.69) is 13.8 Å². The normalized spacial score (nSPS) is 26.1. The Bertz CT molecular complexity index is 413. The molecule has 0 bridgehead atoms. The minimum absolute atomic E-state index is 0.162. The van der Waals surface area contributed by atoms with Gasteiger partial charge < -0.3 is 9.47 Å². The van der Waals surface area contributed by atoms with Crippen LogP contribution in [0.3, 0.4) is 0 Å². The van der Waals surface area contributed by atoms with E-state index in [1.807, 2.05) is 30.3 Å². The van der Waals surface area contributed by atoms with E-state index in [0.29, 0.717) is 12.5 Å². The summed E-state index contributed by atoms with van der Waals surface area (Å²) in [6.45, 7) is 6.48. The molecule has 1 heterocycles. The average molecular weight is 248 g/mol. The molecule has 0 aromatic heterocycles. The summed E-state index contributed by atoms with van der Waals surface area (Å²) in [5.41, 5.74) is 0.235. The molecule has 0 amide bonds. The molecule has 2 atom stereocenters. The Morgan fingerprint density at radius 2 is 2.06 bits per heavy atom. The lowest BCUT2D eigenvalue weighted by Crippen LogP contribution is -2.25. The molecule has 0 N–H and O–H groups in total. The molecule has 2 unspecified atom stereocenters. The summed E-state index contributed by atoms with van der Waals surface area (Å²) < 4.78 is 10.8. The SMILES string of the molecule is CC(C)CCOC(=O)C1(C)OC1c1ccccc1. The molecule has 0 aliphatic carbocycles. The Morgan fingerprint density at radius 1 is 1.39 bits per heavy atom. The third-order valence-corrected chi connectivity index (χ3v) is 3.24. The number of hydrogen-bond acceptors (Lipinski definition) is 3. The van der Waals surface area contributed by atoms with E-state index in [1.165, 1.54) is 0 Å². The van der Waals surface area contributed by atoms with E-state index in [-0.39, 0.29) is 12.1 Å². The van der Waals surface area contributed by atoms with Gasteiger partial charge in [-0.25, -0.2) is 4.79 Å². The third kappa shape index (κ3) is 2.72. The van der Waals surface area contributed by atoms with Gasteiger partial charge in [0.15, 0.2) is 5.60 Å². The van der Waals surface area contributed by atoms with Crippen molar-refractivity contribution in [1.29, 1.82) is 0 Å². The van der Waals surface area contributed by atoms with E-state index < -0.39 is 5.60 Å². The van der Waals surface area contributed by atoms with E-state index in [9.17, 15) is 4.79 Å².